The smallest absolute Gasteiger partial charge is 0.321 e. The first-order chi connectivity index (χ1) is 12.6. The number of urea groups is 1. The highest BCUT2D eigenvalue weighted by molar-refractivity contribution is 7.09. The van der Waals surface area contributed by atoms with E-state index in [2.05, 4.69) is 15.5 Å². The molecule has 3 rings (SSSR count). The second-order valence-corrected chi connectivity index (χ2v) is 7.61. The van der Waals surface area contributed by atoms with Crippen LogP contribution >= 0.6 is 22.9 Å². The fourth-order valence-electron chi connectivity index (χ4n) is 2.97. The molecule has 1 fully saturated rings. The molecule has 1 aliphatic rings. The Bertz CT molecular complexity index is 745. The third-order valence-corrected chi connectivity index (χ3v) is 5.53. The molecule has 1 aliphatic heterocycles. The molecule has 0 unspecified atom stereocenters. The average Bonchev–Trinajstić information content (AvgIpc) is 3.15. The third kappa shape index (κ3) is 5.20. The number of hydrogen-bond acceptors (Lipinski definition) is 4. The number of quaternary nitrogens is 1. The van der Waals surface area contributed by atoms with Crippen LogP contribution in [0.1, 0.15) is 4.88 Å². The van der Waals surface area contributed by atoms with Crippen LogP contribution in [-0.4, -0.2) is 44.7 Å². The second-order valence-electron chi connectivity index (χ2n) is 6.18. The Morgan fingerprint density at radius 2 is 1.92 bits per heavy atom. The SMILES string of the molecule is O=C(C[NH+]1CCN(c2ccccc2Cl)CC1)NC(=O)NCc1cccs1. The van der Waals surface area contributed by atoms with Gasteiger partial charge in [-0.05, 0) is 23.6 Å². The van der Waals surface area contributed by atoms with E-state index in [1.54, 1.807) is 11.3 Å². The monoisotopic (exact) mass is 393 g/mol. The predicted octanol–water partition coefficient (Wildman–Crippen LogP) is 1.13. The zero-order valence-corrected chi connectivity index (χ0v) is 15.9. The van der Waals surface area contributed by atoms with Crippen molar-refractivity contribution in [2.75, 3.05) is 37.6 Å². The van der Waals surface area contributed by atoms with Gasteiger partial charge in [-0.2, -0.15) is 0 Å². The first-order valence-electron chi connectivity index (χ1n) is 8.55. The van der Waals surface area contributed by atoms with Crippen LogP contribution in [0.25, 0.3) is 0 Å². The number of nitrogens with one attached hydrogen (secondary N) is 3. The van der Waals surface area contributed by atoms with Crippen LogP contribution in [-0.2, 0) is 11.3 Å². The van der Waals surface area contributed by atoms with E-state index in [-0.39, 0.29) is 5.91 Å². The lowest BCUT2D eigenvalue weighted by Gasteiger charge is -2.33. The summed E-state index contributed by atoms with van der Waals surface area (Å²) >= 11 is 7.81. The Morgan fingerprint density at radius 3 is 2.62 bits per heavy atom. The molecular weight excluding hydrogens is 372 g/mol. The van der Waals surface area contributed by atoms with Crippen LogP contribution in [0.2, 0.25) is 5.02 Å². The number of halogens is 1. The maximum atomic E-state index is 12.1. The lowest BCUT2D eigenvalue weighted by Crippen LogP contribution is -3.16. The minimum absolute atomic E-state index is 0.255. The molecule has 0 atom stereocenters. The van der Waals surface area contributed by atoms with E-state index in [0.717, 1.165) is 46.7 Å². The number of rotatable bonds is 5. The molecule has 0 radical (unpaired) electrons. The zero-order chi connectivity index (χ0) is 18.4. The van der Waals surface area contributed by atoms with Gasteiger partial charge in [0.25, 0.3) is 5.91 Å². The van der Waals surface area contributed by atoms with Crippen LogP contribution in [0.15, 0.2) is 41.8 Å². The maximum absolute atomic E-state index is 12.1. The number of nitrogens with zero attached hydrogens (tertiary/aromatic N) is 1. The van der Waals surface area contributed by atoms with Crippen molar-refractivity contribution in [2.24, 2.45) is 0 Å². The van der Waals surface area contributed by atoms with Gasteiger partial charge >= 0.3 is 6.03 Å². The van der Waals surface area contributed by atoms with Gasteiger partial charge in [-0.3, -0.25) is 10.1 Å². The highest BCUT2D eigenvalue weighted by atomic mass is 35.5. The minimum atomic E-state index is -0.447. The van der Waals surface area contributed by atoms with Crippen molar-refractivity contribution in [3.05, 3.63) is 51.7 Å². The molecule has 1 saturated heterocycles. The highest BCUT2D eigenvalue weighted by Gasteiger charge is 2.23. The quantitative estimate of drug-likeness (QED) is 0.713. The largest absolute Gasteiger partial charge is 0.359 e. The second kappa shape index (κ2) is 9.02. The molecule has 6 nitrogen and oxygen atoms in total. The molecule has 26 heavy (non-hydrogen) atoms. The van der Waals surface area contributed by atoms with E-state index >= 15 is 0 Å². The number of para-hydroxylation sites is 1. The van der Waals surface area contributed by atoms with Gasteiger partial charge in [0.15, 0.2) is 6.54 Å². The van der Waals surface area contributed by atoms with Gasteiger partial charge in [-0.15, -0.1) is 11.3 Å². The average molecular weight is 394 g/mol. The molecule has 138 valence electrons. The standard InChI is InChI=1S/C18H21ClN4O2S/c19-15-5-1-2-6-16(15)23-9-7-22(8-10-23)13-17(24)21-18(25)20-12-14-4-3-11-26-14/h1-6,11H,7-10,12-13H2,(H2,20,21,24,25)/p+1. The Kier molecular flexibility index (Phi) is 6.49. The summed E-state index contributed by atoms with van der Waals surface area (Å²) in [5, 5.41) is 7.79. The zero-order valence-electron chi connectivity index (χ0n) is 14.3. The van der Waals surface area contributed by atoms with Gasteiger partial charge in [-0.1, -0.05) is 29.8 Å². The fourth-order valence-corrected chi connectivity index (χ4v) is 3.87. The Balaban J connectivity index is 1.39. The number of benzene rings is 1. The lowest BCUT2D eigenvalue weighted by atomic mass is 10.2. The Hall–Kier alpha value is -2.09. The number of thiophene rings is 1. The highest BCUT2D eigenvalue weighted by Crippen LogP contribution is 2.24. The number of anilines is 1. The van der Waals surface area contributed by atoms with E-state index in [1.807, 2.05) is 41.8 Å². The van der Waals surface area contributed by atoms with Gasteiger partial charge in [-0.25, -0.2) is 4.79 Å². The van der Waals surface area contributed by atoms with Gasteiger partial charge in [0.1, 0.15) is 0 Å². The molecule has 0 bridgehead atoms. The lowest BCUT2D eigenvalue weighted by molar-refractivity contribution is -0.892. The van der Waals surface area contributed by atoms with E-state index in [1.165, 1.54) is 0 Å². The van der Waals surface area contributed by atoms with Crippen LogP contribution in [0.4, 0.5) is 10.5 Å². The first kappa shape index (κ1) is 18.7. The summed E-state index contributed by atoms with van der Waals surface area (Å²) in [5.41, 5.74) is 1.03. The molecule has 1 aromatic heterocycles. The molecule has 2 aromatic rings. The van der Waals surface area contributed by atoms with Crippen LogP contribution in [0, 0.1) is 0 Å². The number of carbonyl (C=O) groups excluding carboxylic acids is 2. The van der Waals surface area contributed by atoms with Gasteiger partial charge < -0.3 is 15.1 Å². The Morgan fingerprint density at radius 1 is 1.15 bits per heavy atom. The molecule has 0 aliphatic carbocycles. The summed E-state index contributed by atoms with van der Waals surface area (Å²) in [7, 11) is 0. The predicted molar refractivity (Wildman–Crippen MR) is 104 cm³/mol. The van der Waals surface area contributed by atoms with Gasteiger partial charge in [0.05, 0.1) is 43.4 Å². The van der Waals surface area contributed by atoms with E-state index < -0.39 is 6.03 Å². The molecule has 2 heterocycles. The maximum Gasteiger partial charge on any atom is 0.321 e. The van der Waals surface area contributed by atoms with Crippen LogP contribution in [0.3, 0.4) is 0 Å². The molecule has 8 heteroatoms. The summed E-state index contributed by atoms with van der Waals surface area (Å²) in [6, 6.07) is 11.2. The van der Waals surface area contributed by atoms with E-state index in [0.29, 0.717) is 13.1 Å². The first-order valence-corrected chi connectivity index (χ1v) is 9.80. The van der Waals surface area contributed by atoms with Crippen molar-refractivity contribution >= 4 is 40.6 Å². The molecule has 3 N–H and O–H groups in total. The number of piperazine rings is 1. The fraction of sp³-hybridized carbons (Fsp3) is 0.333. The van der Waals surface area contributed by atoms with E-state index in [4.69, 9.17) is 11.6 Å². The molecule has 1 aromatic carbocycles. The summed E-state index contributed by atoms with van der Waals surface area (Å²) in [6.45, 7) is 4.04. The van der Waals surface area contributed by atoms with Crippen molar-refractivity contribution in [1.82, 2.24) is 10.6 Å². The topological polar surface area (TPSA) is 65.9 Å². The summed E-state index contributed by atoms with van der Waals surface area (Å²) in [4.78, 5) is 28.3. The normalized spacial score (nSPS) is 14.9. The summed E-state index contributed by atoms with van der Waals surface area (Å²) in [5.74, 6) is -0.255. The van der Waals surface area contributed by atoms with Crippen molar-refractivity contribution in [3.8, 4) is 0 Å². The minimum Gasteiger partial charge on any atom is -0.359 e. The number of imide groups is 1. The van der Waals surface area contributed by atoms with Crippen molar-refractivity contribution in [2.45, 2.75) is 6.54 Å². The number of carbonyl (C=O) groups is 2. The van der Waals surface area contributed by atoms with Crippen LogP contribution < -0.4 is 20.4 Å². The molecule has 3 amide bonds. The van der Waals surface area contributed by atoms with E-state index in [9.17, 15) is 9.59 Å². The number of amides is 3. The molecular formula is C18H22ClN4O2S+. The van der Waals surface area contributed by atoms with Crippen molar-refractivity contribution in [3.63, 3.8) is 0 Å². The van der Waals surface area contributed by atoms with Gasteiger partial charge in [0.2, 0.25) is 0 Å². The summed E-state index contributed by atoms with van der Waals surface area (Å²) in [6.07, 6.45) is 0. The third-order valence-electron chi connectivity index (χ3n) is 4.33. The molecule has 0 saturated carbocycles. The van der Waals surface area contributed by atoms with Crippen molar-refractivity contribution < 1.29 is 14.5 Å². The molecule has 0 spiro atoms. The number of hydrogen-bond donors (Lipinski definition) is 3. The van der Waals surface area contributed by atoms with Gasteiger partial charge in [0, 0.05) is 4.88 Å². The summed E-state index contributed by atoms with van der Waals surface area (Å²) < 4.78 is 0. The van der Waals surface area contributed by atoms with Crippen LogP contribution in [0.5, 0.6) is 0 Å². The Labute approximate surface area is 161 Å². The van der Waals surface area contributed by atoms with Crippen molar-refractivity contribution in [1.29, 1.82) is 0 Å².